The van der Waals surface area contributed by atoms with E-state index >= 15 is 0 Å². The lowest BCUT2D eigenvalue weighted by molar-refractivity contribution is -0.117. The highest BCUT2D eigenvalue weighted by atomic mass is 32.1. The van der Waals surface area contributed by atoms with Crippen LogP contribution in [0.1, 0.15) is 47.0 Å². The number of carbonyl (C=O) groups is 2. The first-order valence-corrected chi connectivity index (χ1v) is 7.56. The summed E-state index contributed by atoms with van der Waals surface area (Å²) in [4.78, 5) is 24.4. The number of carboxylic acids is 1. The molecule has 1 aromatic rings. The fourth-order valence-electron chi connectivity index (χ4n) is 2.62. The summed E-state index contributed by atoms with van der Waals surface area (Å²) in [6, 6.07) is 0. The van der Waals surface area contributed by atoms with Gasteiger partial charge in [0, 0.05) is 10.8 Å². The number of rotatable bonds is 3. The van der Waals surface area contributed by atoms with Crippen molar-refractivity contribution in [3.05, 3.63) is 16.0 Å². The molecule has 1 amide bonds. The Kier molecular flexibility index (Phi) is 3.09. The quantitative estimate of drug-likeness (QED) is 0.894. The number of nitrogens with one attached hydrogen (secondary N) is 1. The van der Waals surface area contributed by atoms with Crippen molar-refractivity contribution in [2.75, 3.05) is 5.32 Å². The van der Waals surface area contributed by atoms with Crippen molar-refractivity contribution in [1.82, 2.24) is 0 Å². The Bertz CT molecular complexity index is 545. The van der Waals surface area contributed by atoms with Crippen LogP contribution in [-0.2, 0) is 17.6 Å². The molecule has 1 fully saturated rings. The van der Waals surface area contributed by atoms with Crippen LogP contribution in [0.4, 0.5) is 5.00 Å². The standard InChI is InChI=1S/C14H17NO3S/c1-7-2-5-9-10(6-7)19-13(11(9)14(17)18)15-12(16)8-3-4-8/h7-8H,2-6H2,1H3,(H,15,16)(H,17,18). The molecule has 1 heterocycles. The lowest BCUT2D eigenvalue weighted by atomic mass is 9.88. The van der Waals surface area contributed by atoms with Crippen molar-refractivity contribution in [2.45, 2.75) is 39.0 Å². The topological polar surface area (TPSA) is 66.4 Å². The maximum Gasteiger partial charge on any atom is 0.339 e. The molecule has 1 saturated carbocycles. The first-order valence-electron chi connectivity index (χ1n) is 6.75. The summed E-state index contributed by atoms with van der Waals surface area (Å²) in [7, 11) is 0. The SMILES string of the molecule is CC1CCc2c(sc(NC(=O)C3CC3)c2C(=O)O)C1. The lowest BCUT2D eigenvalue weighted by Crippen LogP contribution is -2.16. The molecule has 2 aliphatic carbocycles. The van der Waals surface area contributed by atoms with E-state index in [0.29, 0.717) is 16.5 Å². The molecular formula is C14H17NO3S. The predicted octanol–water partition coefficient (Wildman–Crippen LogP) is 2.92. The Balaban J connectivity index is 1.93. The Morgan fingerprint density at radius 3 is 2.68 bits per heavy atom. The molecule has 0 aliphatic heterocycles. The Hall–Kier alpha value is -1.36. The van der Waals surface area contributed by atoms with Gasteiger partial charge in [-0.05, 0) is 43.6 Å². The Morgan fingerprint density at radius 2 is 2.05 bits per heavy atom. The van der Waals surface area contributed by atoms with Crippen LogP contribution in [-0.4, -0.2) is 17.0 Å². The fourth-order valence-corrected chi connectivity index (χ4v) is 4.03. The number of carbonyl (C=O) groups excluding carboxylic acids is 1. The number of thiophene rings is 1. The molecule has 0 aromatic carbocycles. The molecule has 0 bridgehead atoms. The zero-order valence-electron chi connectivity index (χ0n) is 10.9. The first kappa shape index (κ1) is 12.7. The van der Waals surface area contributed by atoms with E-state index in [1.807, 2.05) is 0 Å². The van der Waals surface area contributed by atoms with Gasteiger partial charge in [-0.15, -0.1) is 11.3 Å². The van der Waals surface area contributed by atoms with Crippen LogP contribution in [0.25, 0.3) is 0 Å². The third-order valence-corrected chi connectivity index (χ3v) is 5.08. The van der Waals surface area contributed by atoms with Crippen LogP contribution in [0.15, 0.2) is 0 Å². The highest BCUT2D eigenvalue weighted by molar-refractivity contribution is 7.17. The zero-order chi connectivity index (χ0) is 13.6. The summed E-state index contributed by atoms with van der Waals surface area (Å²) < 4.78 is 0. The van der Waals surface area contributed by atoms with E-state index in [-0.39, 0.29) is 11.8 Å². The van der Waals surface area contributed by atoms with E-state index in [2.05, 4.69) is 12.2 Å². The van der Waals surface area contributed by atoms with E-state index in [0.717, 1.165) is 42.5 Å². The molecule has 1 atom stereocenters. The number of amides is 1. The lowest BCUT2D eigenvalue weighted by Gasteiger charge is -2.17. The van der Waals surface area contributed by atoms with Crippen molar-refractivity contribution < 1.29 is 14.7 Å². The molecule has 1 unspecified atom stereocenters. The minimum atomic E-state index is -0.918. The second-order valence-electron chi connectivity index (χ2n) is 5.62. The van der Waals surface area contributed by atoms with Gasteiger partial charge in [0.15, 0.2) is 0 Å². The normalized spacial score (nSPS) is 21.8. The molecule has 0 radical (unpaired) electrons. The number of carboxylic acid groups (broad SMARTS) is 1. The Morgan fingerprint density at radius 1 is 1.32 bits per heavy atom. The second kappa shape index (κ2) is 4.63. The van der Waals surface area contributed by atoms with Crippen molar-refractivity contribution in [3.8, 4) is 0 Å². The number of fused-ring (bicyclic) bond motifs is 1. The molecule has 0 spiro atoms. The van der Waals surface area contributed by atoms with Crippen LogP contribution >= 0.6 is 11.3 Å². The van der Waals surface area contributed by atoms with Crippen LogP contribution in [0, 0.1) is 11.8 Å². The highest BCUT2D eigenvalue weighted by Gasteiger charge is 2.33. The van der Waals surface area contributed by atoms with Crippen molar-refractivity contribution in [1.29, 1.82) is 0 Å². The van der Waals surface area contributed by atoms with Gasteiger partial charge in [0.05, 0.1) is 5.56 Å². The minimum absolute atomic E-state index is 0.0193. The molecule has 102 valence electrons. The second-order valence-corrected chi connectivity index (χ2v) is 6.73. The molecule has 4 nitrogen and oxygen atoms in total. The Labute approximate surface area is 115 Å². The summed E-state index contributed by atoms with van der Waals surface area (Å²) in [6.07, 6.45) is 4.63. The summed E-state index contributed by atoms with van der Waals surface area (Å²) in [5, 5.41) is 12.8. The predicted molar refractivity (Wildman–Crippen MR) is 73.8 cm³/mol. The van der Waals surface area contributed by atoms with Gasteiger partial charge in [0.25, 0.3) is 0 Å². The zero-order valence-corrected chi connectivity index (χ0v) is 11.7. The molecule has 5 heteroatoms. The molecule has 2 aliphatic rings. The average molecular weight is 279 g/mol. The third-order valence-electron chi connectivity index (χ3n) is 3.91. The molecule has 3 rings (SSSR count). The van der Waals surface area contributed by atoms with Gasteiger partial charge in [-0.25, -0.2) is 4.79 Å². The molecular weight excluding hydrogens is 262 g/mol. The van der Waals surface area contributed by atoms with Gasteiger partial charge >= 0.3 is 5.97 Å². The summed E-state index contributed by atoms with van der Waals surface area (Å²) in [5.74, 6) is -0.244. The number of anilines is 1. The fraction of sp³-hybridized carbons (Fsp3) is 0.571. The van der Waals surface area contributed by atoms with Gasteiger partial charge in [0.2, 0.25) is 5.91 Å². The smallest absolute Gasteiger partial charge is 0.339 e. The monoisotopic (exact) mass is 279 g/mol. The summed E-state index contributed by atoms with van der Waals surface area (Å²) >= 11 is 1.45. The number of hydrogen-bond acceptors (Lipinski definition) is 3. The van der Waals surface area contributed by atoms with Crippen LogP contribution in [0.2, 0.25) is 0 Å². The maximum atomic E-state index is 11.8. The van der Waals surface area contributed by atoms with E-state index in [9.17, 15) is 14.7 Å². The van der Waals surface area contributed by atoms with Gasteiger partial charge in [-0.2, -0.15) is 0 Å². The first-order chi connectivity index (χ1) is 9.06. The van der Waals surface area contributed by atoms with Gasteiger partial charge in [-0.1, -0.05) is 6.92 Å². The van der Waals surface area contributed by atoms with E-state index in [4.69, 9.17) is 0 Å². The van der Waals surface area contributed by atoms with Crippen molar-refractivity contribution >= 4 is 28.2 Å². The maximum absolute atomic E-state index is 11.8. The van der Waals surface area contributed by atoms with Gasteiger partial charge in [-0.3, -0.25) is 4.79 Å². The largest absolute Gasteiger partial charge is 0.478 e. The number of hydrogen-bond donors (Lipinski definition) is 2. The van der Waals surface area contributed by atoms with Crippen molar-refractivity contribution in [2.24, 2.45) is 11.8 Å². The van der Waals surface area contributed by atoms with E-state index < -0.39 is 5.97 Å². The number of aromatic carboxylic acids is 1. The molecule has 0 saturated heterocycles. The van der Waals surface area contributed by atoms with Crippen molar-refractivity contribution in [3.63, 3.8) is 0 Å². The van der Waals surface area contributed by atoms with E-state index in [1.165, 1.54) is 11.3 Å². The van der Waals surface area contributed by atoms with E-state index in [1.54, 1.807) is 0 Å². The van der Waals surface area contributed by atoms with Gasteiger partial charge in [0.1, 0.15) is 5.00 Å². The minimum Gasteiger partial charge on any atom is -0.478 e. The summed E-state index contributed by atoms with van der Waals surface area (Å²) in [5.41, 5.74) is 1.28. The molecule has 1 aromatic heterocycles. The van der Waals surface area contributed by atoms with Crippen LogP contribution < -0.4 is 5.32 Å². The van der Waals surface area contributed by atoms with Gasteiger partial charge < -0.3 is 10.4 Å². The molecule has 2 N–H and O–H groups in total. The van der Waals surface area contributed by atoms with Crippen LogP contribution in [0.3, 0.4) is 0 Å². The molecule has 19 heavy (non-hydrogen) atoms. The summed E-state index contributed by atoms with van der Waals surface area (Å²) in [6.45, 7) is 2.19. The van der Waals surface area contributed by atoms with Crippen LogP contribution in [0.5, 0.6) is 0 Å². The highest BCUT2D eigenvalue weighted by Crippen LogP contribution is 2.40. The average Bonchev–Trinajstić information content (AvgIpc) is 3.11. The third kappa shape index (κ3) is 2.39.